The minimum absolute atomic E-state index is 0.275. The van der Waals surface area contributed by atoms with Crippen molar-refractivity contribution in [2.24, 2.45) is 0 Å². The molecule has 0 aromatic carbocycles. The van der Waals surface area contributed by atoms with E-state index < -0.39 is 0 Å². The second-order valence-corrected chi connectivity index (χ2v) is 6.35. The van der Waals surface area contributed by atoms with Crippen LogP contribution in [0.3, 0.4) is 0 Å². The summed E-state index contributed by atoms with van der Waals surface area (Å²) in [6.45, 7) is 8.44. The summed E-state index contributed by atoms with van der Waals surface area (Å²) >= 11 is 7.70. The van der Waals surface area contributed by atoms with E-state index in [4.69, 9.17) is 11.6 Å². The molecule has 2 aromatic heterocycles. The molecule has 1 atom stereocenters. The first-order valence-corrected chi connectivity index (χ1v) is 7.13. The Morgan fingerprint density at radius 2 is 2.00 bits per heavy atom. The Hall–Kier alpha value is -1.06. The van der Waals surface area contributed by atoms with Gasteiger partial charge in [-0.1, -0.05) is 11.6 Å². The highest BCUT2D eigenvalue weighted by Crippen LogP contribution is 2.29. The van der Waals surface area contributed by atoms with Gasteiger partial charge in [0.1, 0.15) is 5.15 Å². The van der Waals surface area contributed by atoms with Crippen molar-refractivity contribution in [3.8, 4) is 0 Å². The van der Waals surface area contributed by atoms with Gasteiger partial charge in [-0.2, -0.15) is 0 Å². The fourth-order valence-corrected chi connectivity index (χ4v) is 3.29. The third kappa shape index (κ3) is 2.85. The maximum Gasteiger partial charge on any atom is 0.129 e. The van der Waals surface area contributed by atoms with Crippen LogP contribution < -0.4 is 5.32 Å². The van der Waals surface area contributed by atoms with Crippen LogP contribution in [0.4, 0.5) is 5.69 Å². The van der Waals surface area contributed by atoms with Crippen molar-refractivity contribution in [2.45, 2.75) is 33.7 Å². The molecule has 4 heteroatoms. The van der Waals surface area contributed by atoms with Crippen molar-refractivity contribution in [2.75, 3.05) is 5.32 Å². The van der Waals surface area contributed by atoms with Crippen LogP contribution in [-0.4, -0.2) is 4.98 Å². The van der Waals surface area contributed by atoms with Crippen LogP contribution >= 0.6 is 22.9 Å². The molecule has 0 bridgehead atoms. The van der Waals surface area contributed by atoms with Crippen LogP contribution in [0, 0.1) is 20.8 Å². The largest absolute Gasteiger partial charge is 0.377 e. The molecule has 2 heterocycles. The van der Waals surface area contributed by atoms with Gasteiger partial charge in [0.25, 0.3) is 0 Å². The SMILES string of the molecule is Cc1cc(C(C)Nc2ccc(Cl)nc2C)c(C)s1. The third-order valence-electron chi connectivity index (χ3n) is 2.97. The van der Waals surface area contributed by atoms with Gasteiger partial charge in [-0.05, 0) is 51.5 Å². The monoisotopic (exact) mass is 280 g/mol. The van der Waals surface area contributed by atoms with Crippen LogP contribution in [0.2, 0.25) is 5.15 Å². The second kappa shape index (κ2) is 5.29. The van der Waals surface area contributed by atoms with Crippen molar-refractivity contribution < 1.29 is 0 Å². The first-order chi connectivity index (χ1) is 8.47. The Morgan fingerprint density at radius 3 is 2.56 bits per heavy atom. The van der Waals surface area contributed by atoms with Gasteiger partial charge in [-0.3, -0.25) is 0 Å². The van der Waals surface area contributed by atoms with Gasteiger partial charge in [-0.25, -0.2) is 4.98 Å². The maximum atomic E-state index is 5.86. The minimum Gasteiger partial charge on any atom is -0.377 e. The highest BCUT2D eigenvalue weighted by Gasteiger charge is 2.12. The number of nitrogens with zero attached hydrogens (tertiary/aromatic N) is 1. The third-order valence-corrected chi connectivity index (χ3v) is 4.16. The van der Waals surface area contributed by atoms with Gasteiger partial charge in [0.05, 0.1) is 11.4 Å². The summed E-state index contributed by atoms with van der Waals surface area (Å²) in [5, 5.41) is 4.03. The molecule has 0 saturated heterocycles. The fourth-order valence-electron chi connectivity index (χ4n) is 2.07. The number of rotatable bonds is 3. The average Bonchev–Trinajstić information content (AvgIpc) is 2.62. The molecule has 1 N–H and O–H groups in total. The first-order valence-electron chi connectivity index (χ1n) is 5.94. The van der Waals surface area contributed by atoms with E-state index in [1.54, 1.807) is 0 Å². The molecule has 2 nitrogen and oxygen atoms in total. The lowest BCUT2D eigenvalue weighted by Gasteiger charge is -2.16. The zero-order valence-corrected chi connectivity index (χ0v) is 12.6. The molecule has 2 aromatic rings. The molecule has 0 spiro atoms. The van der Waals surface area contributed by atoms with E-state index in [2.05, 4.69) is 37.1 Å². The highest BCUT2D eigenvalue weighted by atomic mass is 35.5. The van der Waals surface area contributed by atoms with Gasteiger partial charge in [0.2, 0.25) is 0 Å². The molecule has 0 aliphatic heterocycles. The predicted molar refractivity (Wildman–Crippen MR) is 79.8 cm³/mol. The summed E-state index contributed by atoms with van der Waals surface area (Å²) in [5.41, 5.74) is 3.32. The Morgan fingerprint density at radius 1 is 1.28 bits per heavy atom. The van der Waals surface area contributed by atoms with E-state index in [0.29, 0.717) is 5.15 Å². The van der Waals surface area contributed by atoms with E-state index in [9.17, 15) is 0 Å². The molecule has 1 unspecified atom stereocenters. The topological polar surface area (TPSA) is 24.9 Å². The molecule has 2 rings (SSSR count). The van der Waals surface area contributed by atoms with E-state index >= 15 is 0 Å². The lowest BCUT2D eigenvalue weighted by atomic mass is 10.1. The van der Waals surface area contributed by atoms with E-state index in [1.165, 1.54) is 15.3 Å². The van der Waals surface area contributed by atoms with Crippen LogP contribution in [0.25, 0.3) is 0 Å². The standard InChI is InChI=1S/C14H17ClN2S/c1-8-7-12(11(4)18-8)9(2)16-13-5-6-14(15)17-10(13)3/h5-7,9,16H,1-4H3. The van der Waals surface area contributed by atoms with E-state index in [1.807, 2.05) is 30.4 Å². The van der Waals surface area contributed by atoms with Crippen LogP contribution in [0.5, 0.6) is 0 Å². The minimum atomic E-state index is 0.275. The molecule has 0 aliphatic rings. The van der Waals surface area contributed by atoms with Crippen molar-refractivity contribution in [3.63, 3.8) is 0 Å². The molecular formula is C14H17ClN2S. The van der Waals surface area contributed by atoms with Gasteiger partial charge in [-0.15, -0.1) is 11.3 Å². The van der Waals surface area contributed by atoms with E-state index in [0.717, 1.165) is 11.4 Å². The summed E-state index contributed by atoms with van der Waals surface area (Å²) < 4.78 is 0. The number of hydrogen-bond donors (Lipinski definition) is 1. The van der Waals surface area contributed by atoms with Crippen LogP contribution in [-0.2, 0) is 0 Å². The molecule has 96 valence electrons. The number of nitrogens with one attached hydrogen (secondary N) is 1. The number of thiophene rings is 1. The van der Waals surface area contributed by atoms with Gasteiger partial charge >= 0.3 is 0 Å². The molecule has 18 heavy (non-hydrogen) atoms. The zero-order valence-electron chi connectivity index (χ0n) is 11.0. The van der Waals surface area contributed by atoms with Gasteiger partial charge in [0, 0.05) is 15.8 Å². The quantitative estimate of drug-likeness (QED) is 0.809. The van der Waals surface area contributed by atoms with Crippen molar-refractivity contribution in [1.82, 2.24) is 4.98 Å². The summed E-state index contributed by atoms with van der Waals surface area (Å²) in [6.07, 6.45) is 0. The fraction of sp³-hybridized carbons (Fsp3) is 0.357. The Labute approximate surface area is 117 Å². The van der Waals surface area contributed by atoms with Crippen molar-refractivity contribution in [1.29, 1.82) is 0 Å². The number of pyridine rings is 1. The van der Waals surface area contributed by atoms with Crippen LogP contribution in [0.15, 0.2) is 18.2 Å². The van der Waals surface area contributed by atoms with Crippen molar-refractivity contribution in [3.05, 3.63) is 44.4 Å². The summed E-state index contributed by atoms with van der Waals surface area (Å²) in [6, 6.07) is 6.32. The number of aryl methyl sites for hydroxylation is 3. The molecule has 0 saturated carbocycles. The number of halogens is 1. The van der Waals surface area contributed by atoms with E-state index in [-0.39, 0.29) is 6.04 Å². The normalized spacial score (nSPS) is 12.5. The van der Waals surface area contributed by atoms with Gasteiger partial charge in [0.15, 0.2) is 0 Å². The lowest BCUT2D eigenvalue weighted by Crippen LogP contribution is -2.08. The van der Waals surface area contributed by atoms with Gasteiger partial charge < -0.3 is 5.32 Å². The summed E-state index contributed by atoms with van der Waals surface area (Å²) in [7, 11) is 0. The molecule has 0 aliphatic carbocycles. The molecular weight excluding hydrogens is 264 g/mol. The zero-order chi connectivity index (χ0) is 13.3. The summed E-state index contributed by atoms with van der Waals surface area (Å²) in [4.78, 5) is 6.97. The van der Waals surface area contributed by atoms with Crippen molar-refractivity contribution >= 4 is 28.6 Å². The maximum absolute atomic E-state index is 5.86. The summed E-state index contributed by atoms with van der Waals surface area (Å²) in [5.74, 6) is 0. The average molecular weight is 281 g/mol. The second-order valence-electron chi connectivity index (χ2n) is 4.50. The number of aromatic nitrogens is 1. The molecule has 0 radical (unpaired) electrons. The predicted octanol–water partition coefficient (Wildman–Crippen LogP) is 4.89. The highest BCUT2D eigenvalue weighted by molar-refractivity contribution is 7.12. The lowest BCUT2D eigenvalue weighted by molar-refractivity contribution is 0.876. The molecule has 0 fully saturated rings. The first kappa shape index (κ1) is 13.4. The van der Waals surface area contributed by atoms with Crippen LogP contribution in [0.1, 0.15) is 34.0 Å². The Balaban J connectivity index is 2.21. The molecule has 0 amide bonds. The number of hydrogen-bond acceptors (Lipinski definition) is 3. The Kier molecular flexibility index (Phi) is 3.93. The Bertz CT molecular complexity index is 563. The number of anilines is 1. The smallest absolute Gasteiger partial charge is 0.129 e.